The van der Waals surface area contributed by atoms with Gasteiger partial charge in [-0.2, -0.15) is 5.10 Å². The van der Waals surface area contributed by atoms with Crippen molar-refractivity contribution in [3.63, 3.8) is 0 Å². The number of hydrogen-bond donors (Lipinski definition) is 1. The summed E-state index contributed by atoms with van der Waals surface area (Å²) in [5, 5.41) is 7.96. The van der Waals surface area contributed by atoms with Gasteiger partial charge in [0.2, 0.25) is 5.91 Å². The number of carbonyl (C=O) groups is 1. The van der Waals surface area contributed by atoms with Crippen molar-refractivity contribution in [2.24, 2.45) is 5.92 Å². The van der Waals surface area contributed by atoms with Crippen LogP contribution in [0.25, 0.3) is 0 Å². The van der Waals surface area contributed by atoms with Gasteiger partial charge in [-0.25, -0.2) is 4.68 Å². The molecule has 3 rings (SSSR count). The van der Waals surface area contributed by atoms with Crippen molar-refractivity contribution in [3.05, 3.63) is 47.1 Å². The predicted molar refractivity (Wildman–Crippen MR) is 83.4 cm³/mol. The van der Waals surface area contributed by atoms with Crippen LogP contribution in [-0.2, 0) is 11.2 Å². The van der Waals surface area contributed by atoms with E-state index in [1.165, 1.54) is 12.8 Å². The first kappa shape index (κ1) is 14.1. The minimum Gasteiger partial charge on any atom is -0.311 e. The van der Waals surface area contributed by atoms with Crippen LogP contribution in [0.1, 0.15) is 31.4 Å². The molecule has 1 N–H and O–H groups in total. The summed E-state index contributed by atoms with van der Waals surface area (Å²) in [6.45, 7) is 2.15. The molecule has 0 aliphatic heterocycles. The third kappa shape index (κ3) is 3.45. The largest absolute Gasteiger partial charge is 0.311 e. The van der Waals surface area contributed by atoms with E-state index >= 15 is 0 Å². The lowest BCUT2D eigenvalue weighted by molar-refractivity contribution is -0.115. The highest BCUT2D eigenvalue weighted by Crippen LogP contribution is 2.40. The van der Waals surface area contributed by atoms with Crippen molar-refractivity contribution in [1.82, 2.24) is 9.78 Å². The fourth-order valence-electron chi connectivity index (χ4n) is 2.49. The number of nitrogens with one attached hydrogen (secondary N) is 1. The van der Waals surface area contributed by atoms with Gasteiger partial charge in [-0.3, -0.25) is 4.79 Å². The van der Waals surface area contributed by atoms with Gasteiger partial charge in [0.1, 0.15) is 5.82 Å². The topological polar surface area (TPSA) is 46.9 Å². The van der Waals surface area contributed by atoms with Crippen LogP contribution in [0.5, 0.6) is 0 Å². The van der Waals surface area contributed by atoms with Gasteiger partial charge in [-0.05, 0) is 43.4 Å². The molecule has 2 aromatic rings. The minimum atomic E-state index is -0.0398. The maximum absolute atomic E-state index is 12.1. The van der Waals surface area contributed by atoms with Gasteiger partial charge >= 0.3 is 0 Å². The molecule has 0 saturated heterocycles. The van der Waals surface area contributed by atoms with E-state index in [0.29, 0.717) is 23.4 Å². The van der Waals surface area contributed by atoms with E-state index in [0.717, 1.165) is 11.4 Å². The van der Waals surface area contributed by atoms with Crippen LogP contribution in [-0.4, -0.2) is 15.7 Å². The molecule has 0 spiro atoms. The molecule has 1 aliphatic carbocycles. The Bertz CT molecular complexity index is 631. The Hall–Kier alpha value is -1.81. The lowest BCUT2D eigenvalue weighted by Gasteiger charge is -2.15. The Morgan fingerprint density at radius 2 is 2.10 bits per heavy atom. The average Bonchev–Trinajstić information content (AvgIpc) is 3.21. The average molecular weight is 304 g/mol. The Balaban J connectivity index is 1.64. The smallest absolute Gasteiger partial charge is 0.229 e. The monoisotopic (exact) mass is 303 g/mol. The van der Waals surface area contributed by atoms with Crippen LogP contribution in [0.2, 0.25) is 5.02 Å². The number of rotatable bonds is 5. The molecule has 21 heavy (non-hydrogen) atoms. The summed E-state index contributed by atoms with van der Waals surface area (Å²) in [5.41, 5.74) is 0.943. The van der Waals surface area contributed by atoms with Crippen LogP contribution >= 0.6 is 11.6 Å². The summed E-state index contributed by atoms with van der Waals surface area (Å²) in [6.07, 6.45) is 4.56. The summed E-state index contributed by atoms with van der Waals surface area (Å²) >= 11 is 5.84. The van der Waals surface area contributed by atoms with E-state index in [2.05, 4.69) is 17.3 Å². The number of halogens is 1. The first-order chi connectivity index (χ1) is 10.1. The van der Waals surface area contributed by atoms with Crippen LogP contribution < -0.4 is 5.32 Å². The summed E-state index contributed by atoms with van der Waals surface area (Å²) < 4.78 is 1.91. The number of nitrogens with zero attached hydrogens (tertiary/aromatic N) is 2. The Labute approximate surface area is 129 Å². The highest BCUT2D eigenvalue weighted by atomic mass is 35.5. The van der Waals surface area contributed by atoms with Crippen molar-refractivity contribution < 1.29 is 4.79 Å². The summed E-state index contributed by atoms with van der Waals surface area (Å²) in [6, 6.07) is 9.51. The lowest BCUT2D eigenvalue weighted by atomic mass is 10.1. The molecule has 1 aromatic heterocycles. The van der Waals surface area contributed by atoms with Crippen molar-refractivity contribution >= 4 is 23.3 Å². The van der Waals surface area contributed by atoms with E-state index in [1.54, 1.807) is 18.3 Å². The number of benzene rings is 1. The quantitative estimate of drug-likeness (QED) is 0.915. The van der Waals surface area contributed by atoms with Crippen molar-refractivity contribution in [2.75, 3.05) is 5.32 Å². The Morgan fingerprint density at radius 3 is 2.76 bits per heavy atom. The Morgan fingerprint density at radius 1 is 1.38 bits per heavy atom. The molecule has 0 radical (unpaired) electrons. The molecule has 5 heteroatoms. The fraction of sp³-hybridized carbons (Fsp3) is 0.375. The maximum atomic E-state index is 12.1. The normalized spacial score (nSPS) is 15.7. The van der Waals surface area contributed by atoms with Gasteiger partial charge in [0.15, 0.2) is 0 Å². The molecule has 1 atom stereocenters. The zero-order valence-corrected chi connectivity index (χ0v) is 12.7. The number of amides is 1. The summed E-state index contributed by atoms with van der Waals surface area (Å²) in [7, 11) is 0. The summed E-state index contributed by atoms with van der Waals surface area (Å²) in [5.74, 6) is 1.42. The highest BCUT2D eigenvalue weighted by Gasteiger charge is 2.30. The molecular weight excluding hydrogens is 286 g/mol. The van der Waals surface area contributed by atoms with E-state index in [4.69, 9.17) is 11.6 Å². The fourth-order valence-corrected chi connectivity index (χ4v) is 2.62. The number of anilines is 1. The van der Waals surface area contributed by atoms with Gasteiger partial charge in [0, 0.05) is 11.1 Å². The zero-order valence-electron chi connectivity index (χ0n) is 11.9. The standard InChI is InChI=1S/C16H18ClN3O/c1-11(13-4-5-13)20-15(8-9-18-20)19-16(21)10-12-2-6-14(17)7-3-12/h2-3,6-9,11,13H,4-5,10H2,1H3,(H,19,21). The molecule has 4 nitrogen and oxygen atoms in total. The van der Waals surface area contributed by atoms with E-state index < -0.39 is 0 Å². The molecule has 1 unspecified atom stereocenters. The number of carbonyl (C=O) groups excluding carboxylic acids is 1. The highest BCUT2D eigenvalue weighted by molar-refractivity contribution is 6.30. The molecular formula is C16H18ClN3O. The zero-order chi connectivity index (χ0) is 14.8. The molecule has 110 valence electrons. The summed E-state index contributed by atoms with van der Waals surface area (Å²) in [4.78, 5) is 12.1. The molecule has 1 amide bonds. The van der Waals surface area contributed by atoms with E-state index in [-0.39, 0.29) is 5.91 Å². The second kappa shape index (κ2) is 5.90. The minimum absolute atomic E-state index is 0.0398. The SMILES string of the molecule is CC(C1CC1)n1nccc1NC(=O)Cc1ccc(Cl)cc1. The molecule has 0 bridgehead atoms. The second-order valence-corrected chi connectivity index (χ2v) is 6.03. The van der Waals surface area contributed by atoms with Gasteiger partial charge < -0.3 is 5.32 Å². The van der Waals surface area contributed by atoms with Crippen LogP contribution in [0.3, 0.4) is 0 Å². The molecule has 1 heterocycles. The second-order valence-electron chi connectivity index (χ2n) is 5.59. The van der Waals surface area contributed by atoms with Crippen molar-refractivity contribution in [3.8, 4) is 0 Å². The van der Waals surface area contributed by atoms with E-state index in [9.17, 15) is 4.79 Å². The number of aromatic nitrogens is 2. The molecule has 1 fully saturated rings. The van der Waals surface area contributed by atoms with Gasteiger partial charge in [-0.15, -0.1) is 0 Å². The molecule has 1 aromatic carbocycles. The van der Waals surface area contributed by atoms with Gasteiger partial charge in [-0.1, -0.05) is 23.7 Å². The number of hydrogen-bond acceptors (Lipinski definition) is 2. The van der Waals surface area contributed by atoms with Gasteiger partial charge in [0.05, 0.1) is 18.7 Å². The van der Waals surface area contributed by atoms with Crippen molar-refractivity contribution in [1.29, 1.82) is 0 Å². The predicted octanol–water partition coefficient (Wildman–Crippen LogP) is 3.69. The van der Waals surface area contributed by atoms with Gasteiger partial charge in [0.25, 0.3) is 0 Å². The van der Waals surface area contributed by atoms with E-state index in [1.807, 2.05) is 22.9 Å². The van der Waals surface area contributed by atoms with Crippen LogP contribution in [0.4, 0.5) is 5.82 Å². The van der Waals surface area contributed by atoms with Crippen LogP contribution in [0, 0.1) is 5.92 Å². The first-order valence-corrected chi connectivity index (χ1v) is 7.59. The first-order valence-electron chi connectivity index (χ1n) is 7.21. The van der Waals surface area contributed by atoms with Crippen molar-refractivity contribution in [2.45, 2.75) is 32.2 Å². The Kier molecular flexibility index (Phi) is 3.97. The molecule has 1 saturated carbocycles. The third-order valence-electron chi connectivity index (χ3n) is 3.91. The lowest BCUT2D eigenvalue weighted by Crippen LogP contribution is -2.19. The molecule has 1 aliphatic rings. The maximum Gasteiger partial charge on any atom is 0.229 e. The third-order valence-corrected chi connectivity index (χ3v) is 4.16. The van der Waals surface area contributed by atoms with Crippen LogP contribution in [0.15, 0.2) is 36.5 Å².